The monoisotopic (exact) mass is 393 g/mol. The first kappa shape index (κ1) is 18.6. The number of likely N-dealkylation sites (tertiary alicyclic amines) is 1. The van der Waals surface area contributed by atoms with Gasteiger partial charge in [-0.15, -0.1) is 0 Å². The zero-order valence-electron chi connectivity index (χ0n) is 15.8. The molecule has 148 valence electrons. The first-order chi connectivity index (χ1) is 14.1. The Morgan fingerprint density at radius 1 is 1.24 bits per heavy atom. The lowest BCUT2D eigenvalue weighted by Gasteiger charge is -2.25. The van der Waals surface area contributed by atoms with Gasteiger partial charge in [0.1, 0.15) is 24.1 Å². The molecule has 0 bridgehead atoms. The minimum atomic E-state index is -0.515. The maximum Gasteiger partial charge on any atom is 0.295 e. The molecule has 1 unspecified atom stereocenters. The predicted octanol–water partition coefficient (Wildman–Crippen LogP) is 3.16. The van der Waals surface area contributed by atoms with Gasteiger partial charge in [0.2, 0.25) is 0 Å². The fraction of sp³-hybridized carbons (Fsp3) is 0.250. The molecular formula is C20H19N5O4. The number of nitro benzene ring substituents is 1. The fourth-order valence-electron chi connectivity index (χ4n) is 3.68. The van der Waals surface area contributed by atoms with Gasteiger partial charge in [-0.2, -0.15) is 5.10 Å². The summed E-state index contributed by atoms with van der Waals surface area (Å²) in [5.41, 5.74) is 1.37. The summed E-state index contributed by atoms with van der Waals surface area (Å²) in [4.78, 5) is 29.8. The largest absolute Gasteiger partial charge is 0.497 e. The Kier molecular flexibility index (Phi) is 4.94. The maximum atomic E-state index is 13.2. The molecule has 2 heterocycles. The molecule has 0 radical (unpaired) electrons. The number of ether oxygens (including phenoxy) is 1. The van der Waals surface area contributed by atoms with E-state index in [1.54, 1.807) is 18.1 Å². The molecule has 9 nitrogen and oxygen atoms in total. The number of nitrogens with zero attached hydrogens (tertiary/aromatic N) is 5. The number of carbonyl (C=O) groups is 1. The Morgan fingerprint density at radius 3 is 2.69 bits per heavy atom. The zero-order chi connectivity index (χ0) is 20.4. The highest BCUT2D eigenvalue weighted by atomic mass is 16.6. The molecule has 9 heteroatoms. The molecule has 0 saturated carbocycles. The molecule has 0 aliphatic carbocycles. The zero-order valence-corrected chi connectivity index (χ0v) is 15.8. The van der Waals surface area contributed by atoms with E-state index < -0.39 is 4.92 Å². The van der Waals surface area contributed by atoms with Crippen LogP contribution in [0.2, 0.25) is 0 Å². The van der Waals surface area contributed by atoms with Crippen LogP contribution in [0.15, 0.2) is 55.1 Å². The number of aromatic nitrogens is 3. The Bertz CT molecular complexity index is 1030. The summed E-state index contributed by atoms with van der Waals surface area (Å²) >= 11 is 0. The van der Waals surface area contributed by atoms with Crippen LogP contribution in [0.5, 0.6) is 5.75 Å². The van der Waals surface area contributed by atoms with Crippen LogP contribution in [-0.2, 0) is 0 Å². The number of methoxy groups -OCH3 is 1. The molecule has 0 spiro atoms. The third-order valence-corrected chi connectivity index (χ3v) is 5.10. The summed E-state index contributed by atoms with van der Waals surface area (Å²) in [6, 6.07) is 12.0. The molecule has 1 atom stereocenters. The van der Waals surface area contributed by atoms with E-state index in [-0.39, 0.29) is 28.9 Å². The van der Waals surface area contributed by atoms with Crippen molar-refractivity contribution in [1.82, 2.24) is 19.7 Å². The van der Waals surface area contributed by atoms with E-state index in [2.05, 4.69) is 10.1 Å². The summed E-state index contributed by atoms with van der Waals surface area (Å²) in [6.45, 7) is 0.605. The Labute approximate surface area is 166 Å². The van der Waals surface area contributed by atoms with Crippen molar-refractivity contribution in [2.75, 3.05) is 13.7 Å². The van der Waals surface area contributed by atoms with E-state index in [0.29, 0.717) is 6.54 Å². The van der Waals surface area contributed by atoms with Crippen LogP contribution in [-0.4, -0.2) is 44.1 Å². The fourth-order valence-corrected chi connectivity index (χ4v) is 3.68. The van der Waals surface area contributed by atoms with Crippen LogP contribution in [0.25, 0.3) is 5.69 Å². The minimum Gasteiger partial charge on any atom is -0.497 e. The third-order valence-electron chi connectivity index (χ3n) is 5.10. The minimum absolute atomic E-state index is 0.0672. The van der Waals surface area contributed by atoms with Crippen molar-refractivity contribution in [3.05, 3.63) is 76.4 Å². The van der Waals surface area contributed by atoms with E-state index in [4.69, 9.17) is 4.74 Å². The predicted molar refractivity (Wildman–Crippen MR) is 104 cm³/mol. The molecule has 2 aromatic carbocycles. The average Bonchev–Trinajstić information content (AvgIpc) is 3.45. The van der Waals surface area contributed by atoms with E-state index in [1.165, 1.54) is 29.5 Å². The molecule has 29 heavy (non-hydrogen) atoms. The van der Waals surface area contributed by atoms with Crippen LogP contribution in [0.3, 0.4) is 0 Å². The van der Waals surface area contributed by atoms with Gasteiger partial charge in [0.15, 0.2) is 0 Å². The van der Waals surface area contributed by atoms with Crippen LogP contribution >= 0.6 is 0 Å². The van der Waals surface area contributed by atoms with E-state index in [9.17, 15) is 14.9 Å². The second-order valence-corrected chi connectivity index (χ2v) is 6.73. The van der Waals surface area contributed by atoms with Gasteiger partial charge in [-0.05, 0) is 42.7 Å². The first-order valence-electron chi connectivity index (χ1n) is 9.17. The Morgan fingerprint density at radius 2 is 2.03 bits per heavy atom. The Balaban J connectivity index is 1.64. The van der Waals surface area contributed by atoms with Crippen LogP contribution in [0.1, 0.15) is 34.8 Å². The van der Waals surface area contributed by atoms with E-state index in [0.717, 1.165) is 24.2 Å². The summed E-state index contributed by atoms with van der Waals surface area (Å²) in [6.07, 6.45) is 4.40. The molecule has 0 N–H and O–H groups in total. The number of nitro groups is 1. The topological polar surface area (TPSA) is 103 Å². The smallest absolute Gasteiger partial charge is 0.295 e. The van der Waals surface area contributed by atoms with Crippen molar-refractivity contribution >= 4 is 11.6 Å². The molecule has 4 rings (SSSR count). The molecule has 1 fully saturated rings. The second-order valence-electron chi connectivity index (χ2n) is 6.73. The standard InChI is InChI=1S/C20H19N5O4/c1-29-16-7-4-14(5-8-16)17-3-2-10-23(17)20(26)15-6-9-18(19(11-15)25(27)28)24-13-21-12-22-24/h4-9,11-13,17H,2-3,10H2,1H3. The molecule has 1 aliphatic rings. The van der Waals surface area contributed by atoms with Crippen molar-refractivity contribution in [2.24, 2.45) is 0 Å². The summed E-state index contributed by atoms with van der Waals surface area (Å²) < 4.78 is 6.50. The number of rotatable bonds is 5. The van der Waals surface area contributed by atoms with Crippen LogP contribution in [0.4, 0.5) is 5.69 Å². The lowest BCUT2D eigenvalue weighted by Crippen LogP contribution is -2.30. The SMILES string of the molecule is COc1ccc(C2CCCN2C(=O)c2ccc(-n3cncn3)c([N+](=O)[O-])c2)cc1. The number of hydrogen-bond acceptors (Lipinski definition) is 6. The molecule has 1 amide bonds. The highest BCUT2D eigenvalue weighted by molar-refractivity contribution is 5.95. The second kappa shape index (κ2) is 7.70. The van der Waals surface area contributed by atoms with Crippen molar-refractivity contribution < 1.29 is 14.5 Å². The number of carbonyl (C=O) groups excluding carboxylic acids is 1. The lowest BCUT2D eigenvalue weighted by molar-refractivity contribution is -0.384. The number of hydrogen-bond donors (Lipinski definition) is 0. The van der Waals surface area contributed by atoms with Crippen molar-refractivity contribution in [3.8, 4) is 11.4 Å². The first-order valence-corrected chi connectivity index (χ1v) is 9.17. The molecule has 3 aromatic rings. The van der Waals surface area contributed by atoms with Crippen molar-refractivity contribution in [3.63, 3.8) is 0 Å². The molecule has 1 saturated heterocycles. The van der Waals surface area contributed by atoms with Gasteiger partial charge in [0.05, 0.1) is 18.1 Å². The molecule has 1 aliphatic heterocycles. The van der Waals surface area contributed by atoms with Gasteiger partial charge in [-0.3, -0.25) is 14.9 Å². The van der Waals surface area contributed by atoms with Crippen LogP contribution < -0.4 is 4.74 Å². The summed E-state index contributed by atoms with van der Waals surface area (Å²) in [5, 5.41) is 15.5. The summed E-state index contributed by atoms with van der Waals surface area (Å²) in [5.74, 6) is 0.528. The summed E-state index contributed by atoms with van der Waals surface area (Å²) in [7, 11) is 1.61. The van der Waals surface area contributed by atoms with Crippen molar-refractivity contribution in [1.29, 1.82) is 0 Å². The molecule has 1 aromatic heterocycles. The molecular weight excluding hydrogens is 374 g/mol. The van der Waals surface area contributed by atoms with E-state index >= 15 is 0 Å². The van der Waals surface area contributed by atoms with Gasteiger partial charge < -0.3 is 9.64 Å². The lowest BCUT2D eigenvalue weighted by atomic mass is 10.0. The van der Waals surface area contributed by atoms with Gasteiger partial charge in [0, 0.05) is 18.2 Å². The number of amides is 1. The maximum absolute atomic E-state index is 13.2. The highest BCUT2D eigenvalue weighted by Gasteiger charge is 2.31. The van der Waals surface area contributed by atoms with Gasteiger partial charge >= 0.3 is 0 Å². The van der Waals surface area contributed by atoms with Crippen molar-refractivity contribution in [2.45, 2.75) is 18.9 Å². The highest BCUT2D eigenvalue weighted by Crippen LogP contribution is 2.34. The van der Waals surface area contributed by atoms with E-state index in [1.807, 2.05) is 24.3 Å². The average molecular weight is 393 g/mol. The Hall–Kier alpha value is -3.75. The third kappa shape index (κ3) is 3.54. The van der Waals surface area contributed by atoms with Gasteiger partial charge in [0.25, 0.3) is 11.6 Å². The quantitative estimate of drug-likeness (QED) is 0.487. The van der Waals surface area contributed by atoms with Gasteiger partial charge in [-0.1, -0.05) is 12.1 Å². The van der Waals surface area contributed by atoms with Gasteiger partial charge in [-0.25, -0.2) is 9.67 Å². The number of benzene rings is 2. The van der Waals surface area contributed by atoms with Crippen LogP contribution in [0, 0.1) is 10.1 Å². The normalized spacial score (nSPS) is 16.0.